The summed E-state index contributed by atoms with van der Waals surface area (Å²) in [6.07, 6.45) is 0.229. The number of likely N-dealkylation sites (tertiary alicyclic amines) is 1. The Morgan fingerprint density at radius 3 is 2.54 bits per heavy atom. The molecule has 1 aliphatic heterocycles. The number of nitrogens with one attached hydrogen (secondary N) is 2. The zero-order valence-electron chi connectivity index (χ0n) is 14.4. The molecule has 26 heavy (non-hydrogen) atoms. The van der Waals surface area contributed by atoms with Crippen molar-refractivity contribution in [3.63, 3.8) is 0 Å². The number of hydrogen-bond acceptors (Lipinski definition) is 6. The van der Waals surface area contributed by atoms with Gasteiger partial charge in [-0.2, -0.15) is 0 Å². The van der Waals surface area contributed by atoms with Gasteiger partial charge in [0, 0.05) is 30.3 Å². The van der Waals surface area contributed by atoms with E-state index in [-0.39, 0.29) is 36.1 Å². The number of benzene rings is 1. The Morgan fingerprint density at radius 2 is 1.96 bits per heavy atom. The molecule has 3 rings (SSSR count). The van der Waals surface area contributed by atoms with Crippen LogP contribution in [0.1, 0.15) is 30.6 Å². The summed E-state index contributed by atoms with van der Waals surface area (Å²) in [5.41, 5.74) is 2.56. The molecule has 1 aromatic carbocycles. The summed E-state index contributed by atoms with van der Waals surface area (Å²) in [6.45, 7) is 4.30. The lowest BCUT2D eigenvalue weighted by Gasteiger charge is -2.20. The van der Waals surface area contributed by atoms with Crippen molar-refractivity contribution in [1.29, 1.82) is 0 Å². The molecule has 1 fully saturated rings. The Labute approximate surface area is 154 Å². The fraction of sp³-hybridized carbons (Fsp3) is 0.353. The Balaban J connectivity index is 1.58. The molecule has 0 radical (unpaired) electrons. The second-order valence-corrected chi connectivity index (χ2v) is 7.14. The molecule has 2 aromatic rings. The SMILES string of the molecule is CC(C)N1CC(C(=O)Nc2ccc(C(=O)Nc3nncs3)cc2)CC1=O. The van der Waals surface area contributed by atoms with Gasteiger partial charge in [-0.3, -0.25) is 19.7 Å². The molecule has 1 unspecified atom stereocenters. The van der Waals surface area contributed by atoms with E-state index in [1.165, 1.54) is 16.8 Å². The Hall–Kier alpha value is -2.81. The maximum absolute atomic E-state index is 12.4. The highest BCUT2D eigenvalue weighted by Gasteiger charge is 2.35. The van der Waals surface area contributed by atoms with E-state index in [1.807, 2.05) is 13.8 Å². The van der Waals surface area contributed by atoms with Crippen molar-refractivity contribution >= 4 is 39.9 Å². The van der Waals surface area contributed by atoms with E-state index in [2.05, 4.69) is 20.8 Å². The van der Waals surface area contributed by atoms with Crippen molar-refractivity contribution in [2.24, 2.45) is 5.92 Å². The van der Waals surface area contributed by atoms with Crippen LogP contribution < -0.4 is 10.6 Å². The van der Waals surface area contributed by atoms with Crippen LogP contribution in [0.4, 0.5) is 10.8 Å². The Bertz CT molecular complexity index is 804. The van der Waals surface area contributed by atoms with Crippen LogP contribution in [0, 0.1) is 5.92 Å². The van der Waals surface area contributed by atoms with E-state index in [1.54, 1.807) is 29.2 Å². The molecule has 2 heterocycles. The largest absolute Gasteiger partial charge is 0.339 e. The van der Waals surface area contributed by atoms with Crippen LogP contribution in [0.2, 0.25) is 0 Å². The van der Waals surface area contributed by atoms with E-state index in [0.717, 1.165) is 0 Å². The van der Waals surface area contributed by atoms with Gasteiger partial charge in [-0.1, -0.05) is 11.3 Å². The fourth-order valence-corrected chi connectivity index (χ4v) is 3.19. The van der Waals surface area contributed by atoms with E-state index in [0.29, 0.717) is 22.9 Å². The van der Waals surface area contributed by atoms with Crippen molar-refractivity contribution in [2.75, 3.05) is 17.2 Å². The van der Waals surface area contributed by atoms with Gasteiger partial charge in [0.25, 0.3) is 5.91 Å². The molecule has 1 atom stereocenters. The molecule has 0 saturated carbocycles. The summed E-state index contributed by atoms with van der Waals surface area (Å²) in [5, 5.41) is 13.3. The summed E-state index contributed by atoms with van der Waals surface area (Å²) < 4.78 is 0. The third-order valence-corrected chi connectivity index (χ3v) is 4.75. The van der Waals surface area contributed by atoms with Crippen LogP contribution in [-0.2, 0) is 9.59 Å². The highest BCUT2D eigenvalue weighted by Crippen LogP contribution is 2.22. The minimum absolute atomic E-state index is 0.00356. The Morgan fingerprint density at radius 1 is 1.23 bits per heavy atom. The number of carbonyl (C=O) groups is 3. The number of amides is 3. The average molecular weight is 373 g/mol. The first-order chi connectivity index (χ1) is 12.4. The Kier molecular flexibility index (Phi) is 5.27. The van der Waals surface area contributed by atoms with E-state index in [4.69, 9.17) is 0 Å². The normalized spacial score (nSPS) is 16.8. The highest BCUT2D eigenvalue weighted by atomic mass is 32.1. The average Bonchev–Trinajstić information content (AvgIpc) is 3.25. The molecule has 2 N–H and O–H groups in total. The van der Waals surface area contributed by atoms with Crippen LogP contribution in [0.5, 0.6) is 0 Å². The van der Waals surface area contributed by atoms with Crippen molar-refractivity contribution < 1.29 is 14.4 Å². The van der Waals surface area contributed by atoms with Gasteiger partial charge in [0.2, 0.25) is 16.9 Å². The number of hydrogen-bond donors (Lipinski definition) is 2. The zero-order valence-corrected chi connectivity index (χ0v) is 15.2. The van der Waals surface area contributed by atoms with Crippen LogP contribution in [0.25, 0.3) is 0 Å². The van der Waals surface area contributed by atoms with E-state index >= 15 is 0 Å². The van der Waals surface area contributed by atoms with Crippen molar-refractivity contribution in [3.05, 3.63) is 35.3 Å². The quantitative estimate of drug-likeness (QED) is 0.834. The van der Waals surface area contributed by atoms with Crippen molar-refractivity contribution in [1.82, 2.24) is 15.1 Å². The number of nitrogens with zero attached hydrogens (tertiary/aromatic N) is 3. The predicted octanol–water partition coefficient (Wildman–Crippen LogP) is 1.99. The monoisotopic (exact) mass is 373 g/mol. The molecule has 1 aromatic heterocycles. The van der Waals surface area contributed by atoms with Crippen molar-refractivity contribution in [3.8, 4) is 0 Å². The van der Waals surface area contributed by atoms with Gasteiger partial charge in [0.1, 0.15) is 5.51 Å². The maximum Gasteiger partial charge on any atom is 0.257 e. The molecule has 0 spiro atoms. The molecule has 8 nitrogen and oxygen atoms in total. The van der Waals surface area contributed by atoms with Gasteiger partial charge in [-0.25, -0.2) is 0 Å². The van der Waals surface area contributed by atoms with Gasteiger partial charge < -0.3 is 10.2 Å². The molecular formula is C17H19N5O3S. The first kappa shape index (κ1) is 18.0. The lowest BCUT2D eigenvalue weighted by molar-refractivity contribution is -0.129. The summed E-state index contributed by atoms with van der Waals surface area (Å²) in [5.74, 6) is -0.838. The van der Waals surface area contributed by atoms with Crippen molar-refractivity contribution in [2.45, 2.75) is 26.3 Å². The standard InChI is InChI=1S/C17H19N5O3S/c1-10(2)22-8-12(7-14(22)23)16(25)19-13-5-3-11(4-6-13)15(24)20-17-21-18-9-26-17/h3-6,9-10,12H,7-8H2,1-2H3,(H,19,25)(H,20,21,24). The van der Waals surface area contributed by atoms with Crippen LogP contribution in [0.3, 0.4) is 0 Å². The molecule has 9 heteroatoms. The van der Waals surface area contributed by atoms with Gasteiger partial charge >= 0.3 is 0 Å². The number of anilines is 2. The first-order valence-corrected chi connectivity index (χ1v) is 9.10. The number of carbonyl (C=O) groups excluding carboxylic acids is 3. The van der Waals surface area contributed by atoms with Crippen LogP contribution in [0.15, 0.2) is 29.8 Å². The minimum atomic E-state index is -0.356. The fourth-order valence-electron chi connectivity index (χ4n) is 2.75. The van der Waals surface area contributed by atoms with E-state index < -0.39 is 0 Å². The zero-order chi connectivity index (χ0) is 18.7. The van der Waals surface area contributed by atoms with Gasteiger partial charge in [0.15, 0.2) is 0 Å². The molecule has 1 saturated heterocycles. The van der Waals surface area contributed by atoms with Crippen LogP contribution >= 0.6 is 11.3 Å². The number of aromatic nitrogens is 2. The predicted molar refractivity (Wildman–Crippen MR) is 97.9 cm³/mol. The highest BCUT2D eigenvalue weighted by molar-refractivity contribution is 7.13. The topological polar surface area (TPSA) is 104 Å². The summed E-state index contributed by atoms with van der Waals surface area (Å²) in [7, 11) is 0. The molecule has 0 aliphatic carbocycles. The maximum atomic E-state index is 12.4. The lowest BCUT2D eigenvalue weighted by Crippen LogP contribution is -2.33. The lowest BCUT2D eigenvalue weighted by atomic mass is 10.1. The summed E-state index contributed by atoms with van der Waals surface area (Å²) in [4.78, 5) is 38.1. The summed E-state index contributed by atoms with van der Waals surface area (Å²) in [6, 6.07) is 6.64. The molecule has 1 aliphatic rings. The first-order valence-electron chi connectivity index (χ1n) is 8.22. The van der Waals surface area contributed by atoms with Crippen LogP contribution in [-0.4, -0.2) is 45.4 Å². The third-order valence-electron chi connectivity index (χ3n) is 4.15. The molecule has 136 valence electrons. The smallest absolute Gasteiger partial charge is 0.257 e. The summed E-state index contributed by atoms with van der Waals surface area (Å²) >= 11 is 1.23. The molecule has 3 amide bonds. The third kappa shape index (κ3) is 4.05. The van der Waals surface area contributed by atoms with Gasteiger partial charge in [-0.05, 0) is 38.1 Å². The number of rotatable bonds is 5. The second kappa shape index (κ2) is 7.61. The molecule has 0 bridgehead atoms. The van der Waals surface area contributed by atoms with Gasteiger partial charge in [0.05, 0.1) is 5.92 Å². The second-order valence-electron chi connectivity index (χ2n) is 6.31. The minimum Gasteiger partial charge on any atom is -0.339 e. The molecular weight excluding hydrogens is 354 g/mol. The van der Waals surface area contributed by atoms with Gasteiger partial charge in [-0.15, -0.1) is 10.2 Å². The van der Waals surface area contributed by atoms with E-state index in [9.17, 15) is 14.4 Å².